The summed E-state index contributed by atoms with van der Waals surface area (Å²) in [5.74, 6) is 0.897. The van der Waals surface area contributed by atoms with Crippen molar-refractivity contribution in [3.63, 3.8) is 0 Å². The first-order chi connectivity index (χ1) is 9.36. The third-order valence-corrected chi connectivity index (χ3v) is 2.63. The predicted molar refractivity (Wildman–Crippen MR) is 79.6 cm³/mol. The summed E-state index contributed by atoms with van der Waals surface area (Å²) in [6.07, 6.45) is 5.12. The minimum absolute atomic E-state index is 0.588. The fourth-order valence-corrected chi connectivity index (χ4v) is 1.58. The SMILES string of the molecule is CC=CCOCCOc1ccc(CNCCC)cc1. The van der Waals surface area contributed by atoms with Crippen molar-refractivity contribution in [2.75, 3.05) is 26.4 Å². The topological polar surface area (TPSA) is 30.5 Å². The van der Waals surface area contributed by atoms with Gasteiger partial charge in [0.1, 0.15) is 12.4 Å². The van der Waals surface area contributed by atoms with E-state index in [2.05, 4.69) is 24.4 Å². The van der Waals surface area contributed by atoms with Crippen LogP contribution in [0.15, 0.2) is 36.4 Å². The summed E-state index contributed by atoms with van der Waals surface area (Å²) in [7, 11) is 0. The average Bonchev–Trinajstić information content (AvgIpc) is 2.44. The first kappa shape index (κ1) is 15.7. The van der Waals surface area contributed by atoms with E-state index >= 15 is 0 Å². The van der Waals surface area contributed by atoms with Gasteiger partial charge in [-0.25, -0.2) is 0 Å². The van der Waals surface area contributed by atoms with E-state index in [0.717, 1.165) is 25.3 Å². The highest BCUT2D eigenvalue weighted by atomic mass is 16.5. The fourth-order valence-electron chi connectivity index (χ4n) is 1.58. The maximum atomic E-state index is 5.60. The molecular formula is C16H25NO2. The Kier molecular flexibility index (Phi) is 8.77. The molecule has 3 nitrogen and oxygen atoms in total. The van der Waals surface area contributed by atoms with E-state index in [0.29, 0.717) is 19.8 Å². The Morgan fingerprint density at radius 2 is 1.95 bits per heavy atom. The zero-order valence-corrected chi connectivity index (χ0v) is 12.0. The first-order valence-corrected chi connectivity index (χ1v) is 6.98. The van der Waals surface area contributed by atoms with Crippen molar-refractivity contribution < 1.29 is 9.47 Å². The molecule has 0 atom stereocenters. The maximum absolute atomic E-state index is 5.60. The Labute approximate surface area is 116 Å². The Hall–Kier alpha value is -1.32. The molecule has 1 rings (SSSR count). The zero-order valence-electron chi connectivity index (χ0n) is 12.0. The van der Waals surface area contributed by atoms with Crippen molar-refractivity contribution in [1.82, 2.24) is 5.32 Å². The van der Waals surface area contributed by atoms with Crippen LogP contribution in [0.1, 0.15) is 25.8 Å². The summed E-state index contributed by atoms with van der Waals surface area (Å²) in [5, 5.41) is 3.38. The summed E-state index contributed by atoms with van der Waals surface area (Å²) in [4.78, 5) is 0. The Morgan fingerprint density at radius 1 is 1.16 bits per heavy atom. The maximum Gasteiger partial charge on any atom is 0.119 e. The molecule has 1 aromatic carbocycles. The van der Waals surface area contributed by atoms with Crippen molar-refractivity contribution in [2.45, 2.75) is 26.8 Å². The van der Waals surface area contributed by atoms with Gasteiger partial charge in [0.15, 0.2) is 0 Å². The van der Waals surface area contributed by atoms with E-state index in [1.165, 1.54) is 5.56 Å². The molecule has 0 aliphatic rings. The normalized spacial score (nSPS) is 11.1. The zero-order chi connectivity index (χ0) is 13.8. The van der Waals surface area contributed by atoms with Gasteiger partial charge in [0.2, 0.25) is 0 Å². The molecule has 0 aliphatic carbocycles. The second kappa shape index (κ2) is 10.6. The van der Waals surface area contributed by atoms with Gasteiger partial charge < -0.3 is 14.8 Å². The van der Waals surface area contributed by atoms with E-state index in [4.69, 9.17) is 9.47 Å². The van der Waals surface area contributed by atoms with Gasteiger partial charge in [-0.2, -0.15) is 0 Å². The first-order valence-electron chi connectivity index (χ1n) is 6.98. The number of ether oxygens (including phenoxy) is 2. The summed E-state index contributed by atoms with van der Waals surface area (Å²) < 4.78 is 11.0. The van der Waals surface area contributed by atoms with Crippen LogP contribution in [-0.2, 0) is 11.3 Å². The Balaban J connectivity index is 2.17. The second-order valence-electron chi connectivity index (χ2n) is 4.31. The fraction of sp³-hybridized carbons (Fsp3) is 0.500. The monoisotopic (exact) mass is 263 g/mol. The molecule has 0 heterocycles. The molecule has 0 saturated heterocycles. The predicted octanol–water partition coefficient (Wildman–Crippen LogP) is 3.16. The Bertz CT molecular complexity index is 346. The number of hydrogen-bond acceptors (Lipinski definition) is 3. The number of rotatable bonds is 10. The molecule has 3 heteroatoms. The third kappa shape index (κ3) is 7.65. The molecule has 0 aliphatic heterocycles. The highest BCUT2D eigenvalue weighted by Crippen LogP contribution is 2.11. The van der Waals surface area contributed by atoms with Crippen molar-refractivity contribution in [2.24, 2.45) is 0 Å². The van der Waals surface area contributed by atoms with Crippen LogP contribution < -0.4 is 10.1 Å². The summed E-state index contributed by atoms with van der Waals surface area (Å²) in [5.41, 5.74) is 1.28. The molecular weight excluding hydrogens is 238 g/mol. The van der Waals surface area contributed by atoms with Gasteiger partial charge in [-0.1, -0.05) is 31.2 Å². The van der Waals surface area contributed by atoms with Crippen LogP contribution in [0.2, 0.25) is 0 Å². The molecule has 0 aromatic heterocycles. The largest absolute Gasteiger partial charge is 0.491 e. The third-order valence-electron chi connectivity index (χ3n) is 2.63. The van der Waals surface area contributed by atoms with Gasteiger partial charge in [-0.3, -0.25) is 0 Å². The van der Waals surface area contributed by atoms with Crippen molar-refractivity contribution in [3.8, 4) is 5.75 Å². The van der Waals surface area contributed by atoms with Crippen LogP contribution in [0.3, 0.4) is 0 Å². The number of hydrogen-bond donors (Lipinski definition) is 1. The standard InChI is InChI=1S/C16H25NO2/c1-3-5-11-18-12-13-19-16-8-6-15(7-9-16)14-17-10-4-2/h3,5-9,17H,4,10-14H2,1-2H3. The molecule has 0 amide bonds. The summed E-state index contributed by atoms with van der Waals surface area (Å²) in [6, 6.07) is 8.21. The van der Waals surface area contributed by atoms with Crippen LogP contribution in [0, 0.1) is 0 Å². The van der Waals surface area contributed by atoms with E-state index in [9.17, 15) is 0 Å². The van der Waals surface area contributed by atoms with Gasteiger partial charge in [0, 0.05) is 6.54 Å². The van der Waals surface area contributed by atoms with Crippen LogP contribution in [-0.4, -0.2) is 26.4 Å². The van der Waals surface area contributed by atoms with Crippen molar-refractivity contribution in [3.05, 3.63) is 42.0 Å². The summed E-state index contributed by atoms with van der Waals surface area (Å²) in [6.45, 7) is 7.98. The molecule has 1 aromatic rings. The van der Waals surface area contributed by atoms with Gasteiger partial charge in [0.05, 0.1) is 13.2 Å². The van der Waals surface area contributed by atoms with E-state index in [1.807, 2.05) is 31.2 Å². The lowest BCUT2D eigenvalue weighted by molar-refractivity contribution is 0.121. The van der Waals surface area contributed by atoms with Gasteiger partial charge >= 0.3 is 0 Å². The highest BCUT2D eigenvalue weighted by Gasteiger charge is 1.95. The van der Waals surface area contributed by atoms with Gasteiger partial charge in [-0.05, 0) is 37.6 Å². The van der Waals surface area contributed by atoms with E-state index < -0.39 is 0 Å². The average molecular weight is 263 g/mol. The lowest BCUT2D eigenvalue weighted by Gasteiger charge is -2.08. The summed E-state index contributed by atoms with van der Waals surface area (Å²) >= 11 is 0. The molecule has 0 radical (unpaired) electrons. The molecule has 106 valence electrons. The lowest BCUT2D eigenvalue weighted by Crippen LogP contribution is -2.13. The number of benzene rings is 1. The van der Waals surface area contributed by atoms with E-state index in [1.54, 1.807) is 0 Å². The second-order valence-corrected chi connectivity index (χ2v) is 4.31. The van der Waals surface area contributed by atoms with Crippen LogP contribution in [0.25, 0.3) is 0 Å². The Morgan fingerprint density at radius 3 is 2.63 bits per heavy atom. The molecule has 0 bridgehead atoms. The molecule has 19 heavy (non-hydrogen) atoms. The van der Waals surface area contributed by atoms with Crippen LogP contribution in [0.5, 0.6) is 5.75 Å². The molecule has 0 unspecified atom stereocenters. The molecule has 0 spiro atoms. The lowest BCUT2D eigenvalue weighted by atomic mass is 10.2. The number of allylic oxidation sites excluding steroid dienone is 1. The van der Waals surface area contributed by atoms with Crippen molar-refractivity contribution in [1.29, 1.82) is 0 Å². The van der Waals surface area contributed by atoms with Crippen LogP contribution in [0.4, 0.5) is 0 Å². The highest BCUT2D eigenvalue weighted by molar-refractivity contribution is 5.27. The van der Waals surface area contributed by atoms with Gasteiger partial charge in [-0.15, -0.1) is 0 Å². The molecule has 0 fully saturated rings. The minimum Gasteiger partial charge on any atom is -0.491 e. The molecule has 1 N–H and O–H groups in total. The quantitative estimate of drug-likeness (QED) is 0.519. The smallest absolute Gasteiger partial charge is 0.119 e. The van der Waals surface area contributed by atoms with Gasteiger partial charge in [0.25, 0.3) is 0 Å². The van der Waals surface area contributed by atoms with Crippen LogP contribution >= 0.6 is 0 Å². The number of nitrogens with one attached hydrogen (secondary N) is 1. The molecule has 0 saturated carbocycles. The van der Waals surface area contributed by atoms with E-state index in [-0.39, 0.29) is 0 Å². The van der Waals surface area contributed by atoms with Crippen molar-refractivity contribution >= 4 is 0 Å². The minimum atomic E-state index is 0.588.